The van der Waals surface area contributed by atoms with Crippen LogP contribution in [0.4, 0.5) is 0 Å². The van der Waals surface area contributed by atoms with Crippen molar-refractivity contribution in [2.75, 3.05) is 0 Å². The third-order valence-corrected chi connectivity index (χ3v) is 5.89. The van der Waals surface area contributed by atoms with Crippen LogP contribution in [0.3, 0.4) is 0 Å². The highest BCUT2D eigenvalue weighted by Gasteiger charge is 2.23. The SMILES string of the molecule is C#Cc1cccc(C(=O)N[C@H](Cc2c[nH]c3ccccc23)C(C)O)c1OC(C)C.c1cc2cc-2c1. The molecule has 1 heterocycles. The van der Waals surface area contributed by atoms with Gasteiger partial charge in [-0.1, -0.05) is 48.4 Å². The molecule has 2 aliphatic rings. The number of carbonyl (C=O) groups excluding carboxylic acids is 1. The molecular weight excluding hydrogens is 436 g/mol. The quantitative estimate of drug-likeness (QED) is 0.284. The van der Waals surface area contributed by atoms with Crippen LogP contribution < -0.4 is 10.1 Å². The maximum atomic E-state index is 13.0. The zero-order valence-corrected chi connectivity index (χ0v) is 20.2. The molecule has 0 bridgehead atoms. The molecule has 5 rings (SSSR count). The van der Waals surface area contributed by atoms with Gasteiger partial charge >= 0.3 is 0 Å². The molecule has 1 amide bonds. The molecule has 5 nitrogen and oxygen atoms in total. The molecule has 0 radical (unpaired) electrons. The largest absolute Gasteiger partial charge is 0.489 e. The number of nitrogens with one attached hydrogen (secondary N) is 2. The number of carbonyl (C=O) groups is 1. The third-order valence-electron chi connectivity index (χ3n) is 5.89. The summed E-state index contributed by atoms with van der Waals surface area (Å²) < 4.78 is 5.82. The van der Waals surface area contributed by atoms with E-state index in [2.05, 4.69) is 40.5 Å². The Hall–Kier alpha value is -4.01. The fourth-order valence-corrected chi connectivity index (χ4v) is 3.99. The lowest BCUT2D eigenvalue weighted by Crippen LogP contribution is -2.43. The average Bonchev–Trinajstić information content (AvgIpc) is 3.23. The van der Waals surface area contributed by atoms with Gasteiger partial charge in [-0.25, -0.2) is 0 Å². The van der Waals surface area contributed by atoms with Crippen LogP contribution in [0.1, 0.15) is 42.3 Å². The predicted molar refractivity (Wildman–Crippen MR) is 141 cm³/mol. The molecule has 0 fully saturated rings. The Labute approximate surface area is 206 Å². The van der Waals surface area contributed by atoms with Crippen molar-refractivity contribution in [3.8, 4) is 29.2 Å². The van der Waals surface area contributed by atoms with Gasteiger partial charge in [-0.3, -0.25) is 4.79 Å². The summed E-state index contributed by atoms with van der Waals surface area (Å²) in [5, 5.41) is 14.3. The average molecular weight is 467 g/mol. The lowest BCUT2D eigenvalue weighted by atomic mass is 10.0. The fraction of sp³-hybridized carbons (Fsp3) is 0.233. The maximum Gasteiger partial charge on any atom is 0.255 e. The minimum absolute atomic E-state index is 0.130. The number of terminal acetylenes is 1. The number of H-pyrrole nitrogens is 1. The van der Waals surface area contributed by atoms with Gasteiger partial charge in [-0.05, 0) is 68.1 Å². The lowest BCUT2D eigenvalue weighted by molar-refractivity contribution is 0.0853. The van der Waals surface area contributed by atoms with E-state index in [1.165, 1.54) is 11.1 Å². The molecule has 5 heteroatoms. The van der Waals surface area contributed by atoms with Crippen molar-refractivity contribution in [1.29, 1.82) is 0 Å². The Morgan fingerprint density at radius 3 is 2.37 bits per heavy atom. The molecule has 0 aliphatic heterocycles. The molecule has 178 valence electrons. The van der Waals surface area contributed by atoms with Crippen LogP contribution in [0.5, 0.6) is 5.75 Å². The van der Waals surface area contributed by atoms with Crippen molar-refractivity contribution in [2.24, 2.45) is 0 Å². The van der Waals surface area contributed by atoms with Gasteiger partial charge in [0.05, 0.1) is 29.4 Å². The van der Waals surface area contributed by atoms with Crippen molar-refractivity contribution in [3.63, 3.8) is 0 Å². The molecule has 0 saturated carbocycles. The first-order chi connectivity index (χ1) is 16.9. The van der Waals surface area contributed by atoms with Crippen LogP contribution in [0.2, 0.25) is 0 Å². The fourth-order valence-electron chi connectivity index (χ4n) is 3.99. The number of aliphatic hydroxyl groups is 1. The van der Waals surface area contributed by atoms with Gasteiger partial charge in [0, 0.05) is 17.1 Å². The highest BCUT2D eigenvalue weighted by molar-refractivity contribution is 5.98. The molecule has 3 N–H and O–H groups in total. The molecule has 1 unspecified atom stereocenters. The highest BCUT2D eigenvalue weighted by Crippen LogP contribution is 2.32. The summed E-state index contributed by atoms with van der Waals surface area (Å²) >= 11 is 0. The minimum atomic E-state index is -0.738. The number of para-hydroxylation sites is 2. The van der Waals surface area contributed by atoms with Crippen LogP contribution in [0, 0.1) is 12.3 Å². The maximum absolute atomic E-state index is 13.0. The van der Waals surface area contributed by atoms with Gasteiger partial charge in [-0.2, -0.15) is 0 Å². The summed E-state index contributed by atoms with van der Waals surface area (Å²) in [6.07, 6.45) is 7.12. The molecule has 2 aromatic carbocycles. The molecular formula is C30H30N2O3. The lowest BCUT2D eigenvalue weighted by Gasteiger charge is -2.23. The van der Waals surface area contributed by atoms with Gasteiger partial charge in [0.15, 0.2) is 0 Å². The molecule has 1 aromatic heterocycles. The topological polar surface area (TPSA) is 74.4 Å². The van der Waals surface area contributed by atoms with Gasteiger partial charge in [0.25, 0.3) is 5.91 Å². The number of fused-ring (bicyclic) bond motifs is 2. The number of hydrogen-bond acceptors (Lipinski definition) is 3. The first-order valence-electron chi connectivity index (χ1n) is 11.8. The predicted octanol–water partition coefficient (Wildman–Crippen LogP) is 5.33. The van der Waals surface area contributed by atoms with E-state index in [0.29, 0.717) is 23.3 Å². The molecule has 0 saturated heterocycles. The van der Waals surface area contributed by atoms with Crippen molar-refractivity contribution >= 4 is 16.8 Å². The van der Waals surface area contributed by atoms with Crippen molar-refractivity contribution in [3.05, 3.63) is 89.6 Å². The Bertz CT molecular complexity index is 1360. The number of aromatic amines is 1. The minimum Gasteiger partial charge on any atom is -0.489 e. The molecule has 35 heavy (non-hydrogen) atoms. The smallest absolute Gasteiger partial charge is 0.255 e. The third kappa shape index (κ3) is 5.74. The summed E-state index contributed by atoms with van der Waals surface area (Å²) in [5.41, 5.74) is 5.79. The first-order valence-corrected chi connectivity index (χ1v) is 11.8. The molecule has 2 aliphatic carbocycles. The summed E-state index contributed by atoms with van der Waals surface area (Å²) in [7, 11) is 0. The summed E-state index contributed by atoms with van der Waals surface area (Å²) in [5.74, 6) is 2.63. The number of aromatic nitrogens is 1. The van der Waals surface area contributed by atoms with E-state index >= 15 is 0 Å². The first kappa shape index (κ1) is 24.1. The molecule has 2 atom stereocenters. The highest BCUT2D eigenvalue weighted by atomic mass is 16.5. The van der Waals surface area contributed by atoms with E-state index in [-0.39, 0.29) is 12.0 Å². The van der Waals surface area contributed by atoms with E-state index in [4.69, 9.17) is 11.2 Å². The van der Waals surface area contributed by atoms with Crippen molar-refractivity contribution < 1.29 is 14.6 Å². The van der Waals surface area contributed by atoms with E-state index in [1.807, 2.05) is 44.3 Å². The van der Waals surface area contributed by atoms with Gasteiger partial charge in [0.1, 0.15) is 5.75 Å². The molecule has 3 aromatic rings. The van der Waals surface area contributed by atoms with E-state index in [1.54, 1.807) is 25.1 Å². The van der Waals surface area contributed by atoms with E-state index in [0.717, 1.165) is 16.5 Å². The summed E-state index contributed by atoms with van der Waals surface area (Å²) in [4.78, 5) is 16.3. The Morgan fingerprint density at radius 2 is 1.77 bits per heavy atom. The zero-order valence-electron chi connectivity index (χ0n) is 20.2. The Balaban J connectivity index is 0.000000411. The second-order valence-corrected chi connectivity index (χ2v) is 8.96. The van der Waals surface area contributed by atoms with Crippen LogP contribution in [0.25, 0.3) is 22.0 Å². The van der Waals surface area contributed by atoms with Gasteiger partial charge < -0.3 is 20.1 Å². The summed E-state index contributed by atoms with van der Waals surface area (Å²) in [6.45, 7) is 5.43. The number of ether oxygens (including phenoxy) is 1. The van der Waals surface area contributed by atoms with E-state index in [9.17, 15) is 9.90 Å². The van der Waals surface area contributed by atoms with Gasteiger partial charge in [-0.15, -0.1) is 6.42 Å². The standard InChI is InChI=1S/C24H26N2O3.C6H4/c1-5-17-9-8-11-20(23(17)29-15(2)3)24(28)26-22(16(4)27)13-18-14-25-21-12-7-6-10-19(18)21;1-2-5-4-6(5)3-1/h1,6-12,14-16,22,25,27H,13H2,2-4H3,(H,26,28);1-4H/t16?,22-;/m1./s1. The van der Waals surface area contributed by atoms with Gasteiger partial charge in [0.2, 0.25) is 0 Å². The van der Waals surface area contributed by atoms with Crippen molar-refractivity contribution in [2.45, 2.75) is 45.4 Å². The summed E-state index contributed by atoms with van der Waals surface area (Å²) in [6, 6.07) is 21.1. The number of rotatable bonds is 7. The zero-order chi connectivity index (χ0) is 24.9. The molecule has 0 spiro atoms. The van der Waals surface area contributed by atoms with Crippen LogP contribution in [-0.2, 0) is 6.42 Å². The number of amides is 1. The van der Waals surface area contributed by atoms with Crippen LogP contribution in [0.15, 0.2) is 72.9 Å². The number of benzene rings is 3. The number of aliphatic hydroxyl groups excluding tert-OH is 1. The Kier molecular flexibility index (Phi) is 7.24. The van der Waals surface area contributed by atoms with E-state index < -0.39 is 12.1 Å². The second kappa shape index (κ2) is 10.5. The number of hydrogen-bond donors (Lipinski definition) is 3. The van der Waals surface area contributed by atoms with Crippen molar-refractivity contribution in [1.82, 2.24) is 10.3 Å². The van der Waals surface area contributed by atoms with Crippen LogP contribution >= 0.6 is 0 Å². The second-order valence-electron chi connectivity index (χ2n) is 8.96. The van der Waals surface area contributed by atoms with Crippen LogP contribution in [-0.4, -0.2) is 34.2 Å². The Morgan fingerprint density at radius 1 is 1.06 bits per heavy atom. The monoisotopic (exact) mass is 466 g/mol. The normalized spacial score (nSPS) is 12.8.